The summed E-state index contributed by atoms with van der Waals surface area (Å²) in [5, 5.41) is 2.55. The van der Waals surface area contributed by atoms with Gasteiger partial charge in [-0.15, -0.1) is 0 Å². The smallest absolute Gasteiger partial charge is 0.433 e. The molecule has 1 aromatic heterocycles. The van der Waals surface area contributed by atoms with Gasteiger partial charge in [-0.25, -0.2) is 9.97 Å². The molecule has 138 valence electrons. The van der Waals surface area contributed by atoms with E-state index >= 15 is 0 Å². The van der Waals surface area contributed by atoms with Crippen molar-refractivity contribution in [3.8, 4) is 11.5 Å². The molecule has 10 heteroatoms. The fourth-order valence-corrected chi connectivity index (χ4v) is 2.80. The van der Waals surface area contributed by atoms with Crippen LogP contribution in [-0.2, 0) is 11.0 Å². The van der Waals surface area contributed by atoms with E-state index in [0.29, 0.717) is 18.1 Å². The van der Waals surface area contributed by atoms with E-state index < -0.39 is 11.9 Å². The molecule has 2 aromatic rings. The first-order valence-electron chi connectivity index (χ1n) is 7.60. The number of aromatic nitrogens is 2. The highest BCUT2D eigenvalue weighted by Crippen LogP contribution is 2.31. The van der Waals surface area contributed by atoms with E-state index in [0.717, 1.165) is 24.0 Å². The van der Waals surface area contributed by atoms with Crippen molar-refractivity contribution >= 4 is 17.7 Å². The number of hydrogen-bond donors (Lipinski definition) is 1. The summed E-state index contributed by atoms with van der Waals surface area (Å²) in [7, 11) is 0. The van der Waals surface area contributed by atoms with E-state index in [4.69, 9.17) is 9.47 Å². The number of benzene rings is 1. The van der Waals surface area contributed by atoms with Crippen LogP contribution in [0.1, 0.15) is 5.69 Å². The number of amides is 1. The lowest BCUT2D eigenvalue weighted by atomic mass is 10.2. The molecule has 1 aliphatic heterocycles. The Morgan fingerprint density at radius 1 is 1.27 bits per heavy atom. The lowest BCUT2D eigenvalue weighted by Gasteiger charge is -2.26. The Hall–Kier alpha value is -2.49. The number of ether oxygens (including phenoxy) is 2. The number of carbonyl (C=O) groups is 1. The van der Waals surface area contributed by atoms with Crippen LogP contribution in [0.25, 0.3) is 0 Å². The molecule has 0 fully saturated rings. The monoisotopic (exact) mass is 385 g/mol. The van der Waals surface area contributed by atoms with Gasteiger partial charge in [-0.05, 0) is 18.2 Å². The predicted molar refractivity (Wildman–Crippen MR) is 87.1 cm³/mol. The molecule has 0 saturated carbocycles. The van der Waals surface area contributed by atoms with E-state index in [-0.39, 0.29) is 29.5 Å². The van der Waals surface area contributed by atoms with Gasteiger partial charge in [0.2, 0.25) is 5.91 Å². The fraction of sp³-hybridized carbons (Fsp3) is 0.312. The molecular weight excluding hydrogens is 371 g/mol. The minimum atomic E-state index is -4.55. The van der Waals surface area contributed by atoms with Crippen molar-refractivity contribution in [2.75, 3.05) is 18.9 Å². The van der Waals surface area contributed by atoms with E-state index in [1.807, 2.05) is 12.1 Å². The maximum absolute atomic E-state index is 12.6. The first kappa shape index (κ1) is 18.3. The molecule has 3 rings (SSSR count). The zero-order valence-electron chi connectivity index (χ0n) is 13.3. The first-order chi connectivity index (χ1) is 12.4. The molecule has 1 aliphatic rings. The van der Waals surface area contributed by atoms with Crippen LogP contribution in [0.15, 0.2) is 41.7 Å². The molecule has 1 unspecified atom stereocenters. The van der Waals surface area contributed by atoms with Gasteiger partial charge in [0.05, 0.1) is 12.3 Å². The topological polar surface area (TPSA) is 73.3 Å². The summed E-state index contributed by atoms with van der Waals surface area (Å²) < 4.78 is 49.0. The average Bonchev–Trinajstić information content (AvgIpc) is 2.64. The summed E-state index contributed by atoms with van der Waals surface area (Å²) in [5.41, 5.74) is -1.04. The van der Waals surface area contributed by atoms with Gasteiger partial charge in [-0.1, -0.05) is 23.9 Å². The summed E-state index contributed by atoms with van der Waals surface area (Å²) in [5.74, 6) is 0.779. The van der Waals surface area contributed by atoms with Crippen LogP contribution < -0.4 is 14.8 Å². The van der Waals surface area contributed by atoms with Gasteiger partial charge in [-0.3, -0.25) is 4.79 Å². The predicted octanol–water partition coefficient (Wildman–Crippen LogP) is 2.54. The van der Waals surface area contributed by atoms with Gasteiger partial charge in [0.1, 0.15) is 18.4 Å². The van der Waals surface area contributed by atoms with Crippen molar-refractivity contribution < 1.29 is 27.4 Å². The molecule has 1 atom stereocenters. The van der Waals surface area contributed by atoms with Crippen molar-refractivity contribution in [1.82, 2.24) is 15.3 Å². The van der Waals surface area contributed by atoms with Crippen LogP contribution in [0.3, 0.4) is 0 Å². The van der Waals surface area contributed by atoms with Crippen molar-refractivity contribution in [2.24, 2.45) is 0 Å². The molecule has 6 nitrogen and oxygen atoms in total. The second-order valence-corrected chi connectivity index (χ2v) is 6.26. The Balaban J connectivity index is 1.45. The van der Waals surface area contributed by atoms with Gasteiger partial charge in [0.15, 0.2) is 16.7 Å². The molecular formula is C16H14F3N3O3S. The van der Waals surface area contributed by atoms with Crippen molar-refractivity contribution in [3.63, 3.8) is 0 Å². The second-order valence-electron chi connectivity index (χ2n) is 5.31. The average molecular weight is 385 g/mol. The van der Waals surface area contributed by atoms with E-state index in [9.17, 15) is 18.0 Å². The van der Waals surface area contributed by atoms with E-state index in [2.05, 4.69) is 15.3 Å². The number of fused-ring (bicyclic) bond motifs is 1. The molecule has 1 amide bonds. The molecule has 0 bridgehead atoms. The second kappa shape index (κ2) is 7.81. The van der Waals surface area contributed by atoms with E-state index in [1.54, 1.807) is 12.1 Å². The minimum Gasteiger partial charge on any atom is -0.486 e. The SMILES string of the molecule is O=C(CSc1nccc(C(F)(F)F)n1)NCC1COc2ccccc2O1. The van der Waals surface area contributed by atoms with Gasteiger partial charge < -0.3 is 14.8 Å². The van der Waals surface area contributed by atoms with E-state index in [1.165, 1.54) is 0 Å². The molecule has 0 saturated heterocycles. The Bertz CT molecular complexity index is 789. The maximum Gasteiger partial charge on any atom is 0.433 e. The van der Waals surface area contributed by atoms with Crippen LogP contribution in [-0.4, -0.2) is 40.9 Å². The van der Waals surface area contributed by atoms with Crippen LogP contribution >= 0.6 is 11.8 Å². The third-order valence-electron chi connectivity index (χ3n) is 3.35. The highest BCUT2D eigenvalue weighted by Gasteiger charge is 2.32. The molecule has 0 radical (unpaired) electrons. The Morgan fingerprint density at radius 3 is 2.81 bits per heavy atom. The Kier molecular flexibility index (Phi) is 5.50. The van der Waals surface area contributed by atoms with Gasteiger partial charge in [0, 0.05) is 6.20 Å². The summed E-state index contributed by atoms with van der Waals surface area (Å²) in [4.78, 5) is 19.0. The standard InChI is InChI=1S/C16H14F3N3O3S/c17-16(18,19)13-5-6-20-15(22-13)26-9-14(23)21-7-10-8-24-11-3-1-2-4-12(11)25-10/h1-6,10H,7-9H2,(H,21,23). The fourth-order valence-electron chi connectivity index (χ4n) is 2.14. The van der Waals surface area contributed by atoms with Crippen LogP contribution in [0.5, 0.6) is 11.5 Å². The molecule has 26 heavy (non-hydrogen) atoms. The third-order valence-corrected chi connectivity index (χ3v) is 4.21. The number of nitrogens with one attached hydrogen (secondary N) is 1. The normalized spacial score (nSPS) is 16.2. The molecule has 0 spiro atoms. The largest absolute Gasteiger partial charge is 0.486 e. The van der Waals surface area contributed by atoms with Crippen LogP contribution in [0.2, 0.25) is 0 Å². The van der Waals surface area contributed by atoms with Crippen molar-refractivity contribution in [3.05, 3.63) is 42.2 Å². The van der Waals surface area contributed by atoms with Crippen LogP contribution in [0.4, 0.5) is 13.2 Å². The third kappa shape index (κ3) is 4.78. The lowest BCUT2D eigenvalue weighted by molar-refractivity contribution is -0.141. The van der Waals surface area contributed by atoms with Crippen LogP contribution in [0, 0.1) is 0 Å². The lowest BCUT2D eigenvalue weighted by Crippen LogP contribution is -2.41. The molecule has 1 aromatic carbocycles. The maximum atomic E-state index is 12.6. The Morgan fingerprint density at radius 2 is 2.04 bits per heavy atom. The highest BCUT2D eigenvalue weighted by molar-refractivity contribution is 7.99. The first-order valence-corrected chi connectivity index (χ1v) is 8.58. The van der Waals surface area contributed by atoms with Gasteiger partial charge in [-0.2, -0.15) is 13.2 Å². The zero-order chi connectivity index (χ0) is 18.6. The number of alkyl halides is 3. The molecule has 0 aliphatic carbocycles. The van der Waals surface area contributed by atoms with Crippen molar-refractivity contribution in [1.29, 1.82) is 0 Å². The van der Waals surface area contributed by atoms with Gasteiger partial charge >= 0.3 is 6.18 Å². The minimum absolute atomic E-state index is 0.106. The summed E-state index contributed by atoms with van der Waals surface area (Å²) in [6, 6.07) is 7.98. The number of para-hydroxylation sites is 2. The molecule has 1 N–H and O–H groups in total. The van der Waals surface area contributed by atoms with Crippen molar-refractivity contribution in [2.45, 2.75) is 17.4 Å². The Labute approximate surface area is 151 Å². The quantitative estimate of drug-likeness (QED) is 0.630. The number of carbonyl (C=O) groups excluding carboxylic acids is 1. The number of halogens is 3. The number of nitrogens with zero attached hydrogens (tertiary/aromatic N) is 2. The zero-order valence-corrected chi connectivity index (χ0v) is 14.1. The summed E-state index contributed by atoms with van der Waals surface area (Å²) >= 11 is 0.828. The molecule has 2 heterocycles. The summed E-state index contributed by atoms with van der Waals surface area (Å²) in [6.45, 7) is 0.512. The summed E-state index contributed by atoms with van der Waals surface area (Å²) in [6.07, 6.45) is -3.88. The van der Waals surface area contributed by atoms with Gasteiger partial charge in [0.25, 0.3) is 0 Å². The number of rotatable bonds is 5. The number of hydrogen-bond acceptors (Lipinski definition) is 6. The highest BCUT2D eigenvalue weighted by atomic mass is 32.2. The number of thioether (sulfide) groups is 1.